The van der Waals surface area contributed by atoms with E-state index in [0.717, 1.165) is 6.42 Å². The van der Waals surface area contributed by atoms with E-state index in [1.807, 2.05) is 13.8 Å². The zero-order valence-electron chi connectivity index (χ0n) is 9.22. The molecule has 0 aromatic heterocycles. The Labute approximate surface area is 83.0 Å². The van der Waals surface area contributed by atoms with Gasteiger partial charge in [-0.2, -0.15) is 0 Å². The molecule has 0 bridgehead atoms. The van der Waals surface area contributed by atoms with Crippen molar-refractivity contribution in [2.75, 3.05) is 0 Å². The van der Waals surface area contributed by atoms with Gasteiger partial charge in [-0.05, 0) is 19.3 Å². The van der Waals surface area contributed by atoms with Crippen molar-refractivity contribution in [3.8, 4) is 0 Å². The largest absolute Gasteiger partial charge is 0.0805 e. The van der Waals surface area contributed by atoms with Crippen LogP contribution in [-0.4, -0.2) is 0 Å². The molecule has 0 nitrogen and oxygen atoms in total. The lowest BCUT2D eigenvalue weighted by atomic mass is 10.1. The molecular weight excluding hydrogens is 156 g/mol. The van der Waals surface area contributed by atoms with Gasteiger partial charge in [-0.3, -0.25) is 0 Å². The quantitative estimate of drug-likeness (QED) is 0.590. The normalized spacial score (nSPS) is 14.2. The summed E-state index contributed by atoms with van der Waals surface area (Å²) >= 11 is 0. The molecule has 1 aliphatic rings. The fraction of sp³-hybridized carbons (Fsp3) is 0.538. The van der Waals surface area contributed by atoms with Gasteiger partial charge in [-0.15, -0.1) is 0 Å². The molecule has 0 fully saturated rings. The molecule has 1 aliphatic carbocycles. The van der Waals surface area contributed by atoms with Crippen LogP contribution in [0.5, 0.6) is 0 Å². The van der Waals surface area contributed by atoms with E-state index in [1.165, 1.54) is 19.3 Å². The van der Waals surface area contributed by atoms with Gasteiger partial charge in [0.15, 0.2) is 0 Å². The van der Waals surface area contributed by atoms with Crippen LogP contribution < -0.4 is 0 Å². The highest BCUT2D eigenvalue weighted by Gasteiger charge is 1.94. The second kappa shape index (κ2) is 9.31. The summed E-state index contributed by atoms with van der Waals surface area (Å²) in [4.78, 5) is 0. The molecule has 0 aromatic carbocycles. The predicted octanol–water partition coefficient (Wildman–Crippen LogP) is 4.65. The standard InChI is InChI=1S/C11H16.C2H6/c1-2-3-8-11-9-6-4-5-7-10-11;1-2/h4-7,9H,2-3,8,10H2,1H3;1-2H3. The number of unbranched alkanes of at least 4 members (excludes halogenated alkanes) is 1. The lowest BCUT2D eigenvalue weighted by Crippen LogP contribution is -1.80. The highest BCUT2D eigenvalue weighted by Crippen LogP contribution is 2.13. The van der Waals surface area contributed by atoms with E-state index in [2.05, 4.69) is 37.3 Å². The van der Waals surface area contributed by atoms with E-state index >= 15 is 0 Å². The summed E-state index contributed by atoms with van der Waals surface area (Å²) < 4.78 is 0. The maximum Gasteiger partial charge on any atom is -0.0133 e. The van der Waals surface area contributed by atoms with E-state index in [1.54, 1.807) is 5.57 Å². The van der Waals surface area contributed by atoms with Gasteiger partial charge in [0.2, 0.25) is 0 Å². The Kier molecular flexibility index (Phi) is 8.75. The van der Waals surface area contributed by atoms with Gasteiger partial charge in [0, 0.05) is 0 Å². The predicted molar refractivity (Wildman–Crippen MR) is 61.9 cm³/mol. The Hall–Kier alpha value is -0.780. The molecule has 0 atom stereocenters. The highest BCUT2D eigenvalue weighted by molar-refractivity contribution is 5.23. The summed E-state index contributed by atoms with van der Waals surface area (Å²) in [6.07, 6.45) is 15.9. The molecular formula is C13H22. The van der Waals surface area contributed by atoms with Crippen LogP contribution >= 0.6 is 0 Å². The van der Waals surface area contributed by atoms with E-state index in [0.29, 0.717) is 0 Å². The molecule has 0 spiro atoms. The van der Waals surface area contributed by atoms with Crippen molar-refractivity contribution in [3.63, 3.8) is 0 Å². The second-order valence-corrected chi connectivity index (χ2v) is 2.95. The van der Waals surface area contributed by atoms with Crippen molar-refractivity contribution in [2.45, 2.75) is 46.5 Å². The molecule has 74 valence electrons. The maximum atomic E-state index is 2.25. The molecule has 1 rings (SSSR count). The topological polar surface area (TPSA) is 0 Å². The average Bonchev–Trinajstić information content (AvgIpc) is 2.46. The summed E-state index contributed by atoms with van der Waals surface area (Å²) in [5.74, 6) is 0. The Morgan fingerprint density at radius 3 is 2.62 bits per heavy atom. The Bertz CT molecular complexity index is 182. The van der Waals surface area contributed by atoms with E-state index in [4.69, 9.17) is 0 Å². The zero-order chi connectivity index (χ0) is 9.94. The van der Waals surface area contributed by atoms with Crippen molar-refractivity contribution in [1.29, 1.82) is 0 Å². The lowest BCUT2D eigenvalue weighted by Gasteiger charge is -2.00. The van der Waals surface area contributed by atoms with Crippen molar-refractivity contribution < 1.29 is 0 Å². The molecule has 0 saturated carbocycles. The van der Waals surface area contributed by atoms with Crippen LogP contribution in [0.25, 0.3) is 0 Å². The minimum atomic E-state index is 1.15. The van der Waals surface area contributed by atoms with Gasteiger partial charge < -0.3 is 0 Å². The van der Waals surface area contributed by atoms with Crippen molar-refractivity contribution in [1.82, 2.24) is 0 Å². The minimum absolute atomic E-state index is 1.15. The van der Waals surface area contributed by atoms with Crippen LogP contribution in [0.2, 0.25) is 0 Å². The summed E-state index contributed by atoms with van der Waals surface area (Å²) in [6.45, 7) is 6.24. The third-order valence-electron chi connectivity index (χ3n) is 1.92. The summed E-state index contributed by atoms with van der Waals surface area (Å²) in [5.41, 5.74) is 1.57. The SMILES string of the molecule is CC.CCCCC1=CC=CC=CC1. The first-order valence-electron chi connectivity index (χ1n) is 5.44. The number of hydrogen-bond donors (Lipinski definition) is 0. The van der Waals surface area contributed by atoms with Crippen LogP contribution in [0.15, 0.2) is 36.0 Å². The molecule has 0 unspecified atom stereocenters. The van der Waals surface area contributed by atoms with Crippen LogP contribution in [-0.2, 0) is 0 Å². The van der Waals surface area contributed by atoms with Crippen LogP contribution in [0.4, 0.5) is 0 Å². The third kappa shape index (κ3) is 6.39. The number of hydrogen-bond acceptors (Lipinski definition) is 0. The van der Waals surface area contributed by atoms with E-state index in [9.17, 15) is 0 Å². The van der Waals surface area contributed by atoms with Crippen molar-refractivity contribution >= 4 is 0 Å². The Morgan fingerprint density at radius 2 is 1.92 bits per heavy atom. The first-order chi connectivity index (χ1) is 6.43. The van der Waals surface area contributed by atoms with Crippen molar-refractivity contribution in [3.05, 3.63) is 36.0 Å². The lowest BCUT2D eigenvalue weighted by molar-refractivity contribution is 0.776. The molecule has 0 saturated heterocycles. The first kappa shape index (κ1) is 12.2. The third-order valence-corrected chi connectivity index (χ3v) is 1.92. The van der Waals surface area contributed by atoms with Gasteiger partial charge in [-0.25, -0.2) is 0 Å². The van der Waals surface area contributed by atoms with Crippen LogP contribution in [0.3, 0.4) is 0 Å². The van der Waals surface area contributed by atoms with Gasteiger partial charge >= 0.3 is 0 Å². The molecule has 0 N–H and O–H groups in total. The van der Waals surface area contributed by atoms with Gasteiger partial charge in [0.05, 0.1) is 0 Å². The molecule has 0 amide bonds. The fourth-order valence-electron chi connectivity index (χ4n) is 1.21. The molecule has 0 radical (unpaired) electrons. The summed E-state index contributed by atoms with van der Waals surface area (Å²) in [7, 11) is 0. The molecule has 0 heteroatoms. The molecule has 13 heavy (non-hydrogen) atoms. The molecule has 0 heterocycles. The molecule has 0 aromatic rings. The smallest absolute Gasteiger partial charge is 0.0133 e. The Morgan fingerprint density at radius 1 is 1.15 bits per heavy atom. The monoisotopic (exact) mass is 178 g/mol. The summed E-state index contributed by atoms with van der Waals surface area (Å²) in [6, 6.07) is 0. The number of rotatable bonds is 3. The first-order valence-corrected chi connectivity index (χ1v) is 5.44. The number of allylic oxidation sites excluding steroid dienone is 6. The van der Waals surface area contributed by atoms with Gasteiger partial charge in [0.25, 0.3) is 0 Å². The fourth-order valence-corrected chi connectivity index (χ4v) is 1.21. The van der Waals surface area contributed by atoms with Crippen molar-refractivity contribution in [2.24, 2.45) is 0 Å². The van der Waals surface area contributed by atoms with Gasteiger partial charge in [0.1, 0.15) is 0 Å². The summed E-state index contributed by atoms with van der Waals surface area (Å²) in [5, 5.41) is 0. The zero-order valence-corrected chi connectivity index (χ0v) is 9.22. The van der Waals surface area contributed by atoms with Crippen LogP contribution in [0, 0.1) is 0 Å². The highest BCUT2D eigenvalue weighted by atomic mass is 14.0. The van der Waals surface area contributed by atoms with E-state index in [-0.39, 0.29) is 0 Å². The minimum Gasteiger partial charge on any atom is -0.0805 e. The molecule has 0 aliphatic heterocycles. The Balaban J connectivity index is 0.000000671. The van der Waals surface area contributed by atoms with Gasteiger partial charge in [-0.1, -0.05) is 63.1 Å². The van der Waals surface area contributed by atoms with Crippen LogP contribution in [0.1, 0.15) is 46.5 Å². The second-order valence-electron chi connectivity index (χ2n) is 2.95. The maximum absolute atomic E-state index is 2.25. The van der Waals surface area contributed by atoms with E-state index < -0.39 is 0 Å². The average molecular weight is 178 g/mol.